The molecule has 3 heteroatoms. The van der Waals surface area contributed by atoms with Gasteiger partial charge in [0.05, 0.1) is 6.10 Å². The minimum atomic E-state index is 0.282. The fourth-order valence-corrected chi connectivity index (χ4v) is 3.99. The van der Waals surface area contributed by atoms with Crippen LogP contribution >= 0.6 is 11.8 Å². The zero-order valence-electron chi connectivity index (χ0n) is 8.16. The van der Waals surface area contributed by atoms with Crippen molar-refractivity contribution >= 4 is 11.8 Å². The van der Waals surface area contributed by atoms with Crippen LogP contribution in [0.25, 0.3) is 0 Å². The Balaban J connectivity index is 2.05. The van der Waals surface area contributed by atoms with Gasteiger partial charge in [-0.3, -0.25) is 0 Å². The number of hydrogen-bond acceptors (Lipinski definition) is 3. The molecule has 2 nitrogen and oxygen atoms in total. The summed E-state index contributed by atoms with van der Waals surface area (Å²) < 4.78 is 6.04. The molecule has 3 unspecified atom stereocenters. The van der Waals surface area contributed by atoms with E-state index >= 15 is 0 Å². The van der Waals surface area contributed by atoms with Crippen LogP contribution in [0.4, 0.5) is 0 Å². The normalized spacial score (nSPS) is 45.7. The van der Waals surface area contributed by atoms with Crippen LogP contribution in [-0.2, 0) is 4.74 Å². The lowest BCUT2D eigenvalue weighted by Gasteiger charge is -2.32. The molecule has 0 bridgehead atoms. The fraction of sp³-hybridized carbons (Fsp3) is 1.00. The molecule has 0 radical (unpaired) electrons. The van der Waals surface area contributed by atoms with E-state index in [2.05, 4.69) is 6.92 Å². The lowest BCUT2D eigenvalue weighted by Crippen LogP contribution is -2.39. The highest BCUT2D eigenvalue weighted by atomic mass is 32.2. The maximum atomic E-state index is 9.22. The van der Waals surface area contributed by atoms with E-state index in [-0.39, 0.29) is 4.75 Å². The standard InChI is InChI=1S/C10H18O2S/c1-10(4-2-6-13-10)9-8(7-11)3-5-12-9/h8-9,11H,2-7H2,1H3. The minimum absolute atomic E-state index is 0.282. The first-order chi connectivity index (χ1) is 6.26. The maximum absolute atomic E-state index is 9.22. The van der Waals surface area contributed by atoms with Crippen molar-refractivity contribution in [2.24, 2.45) is 5.92 Å². The first kappa shape index (κ1) is 9.81. The van der Waals surface area contributed by atoms with E-state index < -0.39 is 0 Å². The lowest BCUT2D eigenvalue weighted by molar-refractivity contribution is 0.0453. The zero-order chi connectivity index (χ0) is 9.31. The summed E-state index contributed by atoms with van der Waals surface area (Å²) in [7, 11) is 0. The Hall–Kier alpha value is 0.270. The van der Waals surface area contributed by atoms with Crippen molar-refractivity contribution < 1.29 is 9.84 Å². The average molecular weight is 202 g/mol. The lowest BCUT2D eigenvalue weighted by atomic mass is 9.89. The maximum Gasteiger partial charge on any atom is 0.0769 e. The third-order valence-electron chi connectivity index (χ3n) is 3.30. The summed E-state index contributed by atoms with van der Waals surface area (Å²) in [4.78, 5) is 0. The van der Waals surface area contributed by atoms with Crippen LogP contribution in [0, 0.1) is 5.92 Å². The van der Waals surface area contributed by atoms with Crippen molar-refractivity contribution in [3.05, 3.63) is 0 Å². The minimum Gasteiger partial charge on any atom is -0.396 e. The number of hydrogen-bond donors (Lipinski definition) is 1. The topological polar surface area (TPSA) is 29.5 Å². The van der Waals surface area contributed by atoms with Crippen LogP contribution < -0.4 is 0 Å². The van der Waals surface area contributed by atoms with Gasteiger partial charge in [0.25, 0.3) is 0 Å². The third-order valence-corrected chi connectivity index (χ3v) is 4.89. The quantitative estimate of drug-likeness (QED) is 0.738. The average Bonchev–Trinajstić information content (AvgIpc) is 2.72. The Kier molecular flexibility index (Phi) is 2.86. The van der Waals surface area contributed by atoms with Crippen LogP contribution in [0.5, 0.6) is 0 Å². The summed E-state index contributed by atoms with van der Waals surface area (Å²) >= 11 is 2.02. The smallest absolute Gasteiger partial charge is 0.0769 e. The molecule has 0 aromatic heterocycles. The molecule has 0 aromatic carbocycles. The predicted molar refractivity (Wildman–Crippen MR) is 55.0 cm³/mol. The second kappa shape index (κ2) is 3.79. The monoisotopic (exact) mass is 202 g/mol. The molecule has 2 rings (SSSR count). The van der Waals surface area contributed by atoms with Crippen molar-refractivity contribution in [3.63, 3.8) is 0 Å². The summed E-state index contributed by atoms with van der Waals surface area (Å²) in [6.45, 7) is 3.43. The molecule has 76 valence electrons. The van der Waals surface area contributed by atoms with E-state index in [0.29, 0.717) is 18.6 Å². The zero-order valence-corrected chi connectivity index (χ0v) is 8.98. The molecular weight excluding hydrogens is 184 g/mol. The predicted octanol–water partition coefficient (Wildman–Crippen LogP) is 1.67. The molecule has 2 saturated heterocycles. The largest absolute Gasteiger partial charge is 0.396 e. The van der Waals surface area contributed by atoms with Crippen molar-refractivity contribution in [2.75, 3.05) is 19.0 Å². The van der Waals surface area contributed by atoms with E-state index in [1.165, 1.54) is 18.6 Å². The van der Waals surface area contributed by atoms with Crippen LogP contribution in [0.15, 0.2) is 0 Å². The van der Waals surface area contributed by atoms with Crippen LogP contribution in [-0.4, -0.2) is 34.9 Å². The fourth-order valence-electron chi connectivity index (χ4n) is 2.52. The summed E-state index contributed by atoms with van der Waals surface area (Å²) in [6.07, 6.45) is 3.89. The van der Waals surface area contributed by atoms with Gasteiger partial charge in [-0.05, 0) is 31.9 Å². The highest BCUT2D eigenvalue weighted by Crippen LogP contribution is 2.46. The van der Waals surface area contributed by atoms with Gasteiger partial charge in [0.2, 0.25) is 0 Å². The molecule has 2 aliphatic rings. The Morgan fingerprint density at radius 3 is 3.08 bits per heavy atom. The van der Waals surface area contributed by atoms with Crippen molar-refractivity contribution in [3.8, 4) is 0 Å². The van der Waals surface area contributed by atoms with Gasteiger partial charge in [-0.25, -0.2) is 0 Å². The highest BCUT2D eigenvalue weighted by molar-refractivity contribution is 8.00. The molecular formula is C10H18O2S. The van der Waals surface area contributed by atoms with E-state index in [1.54, 1.807) is 0 Å². The molecule has 13 heavy (non-hydrogen) atoms. The molecule has 0 spiro atoms. The molecule has 1 N–H and O–H groups in total. The molecule has 0 amide bonds. The SMILES string of the molecule is CC1(C2OCCC2CO)CCCS1. The summed E-state index contributed by atoms with van der Waals surface area (Å²) in [5.41, 5.74) is 0. The molecule has 0 aromatic rings. The Morgan fingerprint density at radius 2 is 2.46 bits per heavy atom. The second-order valence-corrected chi connectivity index (χ2v) is 5.92. The Labute approximate surface area is 84.0 Å². The van der Waals surface area contributed by atoms with E-state index in [9.17, 15) is 5.11 Å². The summed E-state index contributed by atoms with van der Waals surface area (Å²) in [5.74, 6) is 1.64. The molecule has 2 aliphatic heterocycles. The molecule has 2 fully saturated rings. The van der Waals surface area contributed by atoms with Crippen LogP contribution in [0.1, 0.15) is 26.2 Å². The van der Waals surface area contributed by atoms with Gasteiger partial charge in [0.15, 0.2) is 0 Å². The van der Waals surface area contributed by atoms with Gasteiger partial charge in [-0.2, -0.15) is 11.8 Å². The summed E-state index contributed by atoms with van der Waals surface area (Å²) in [5, 5.41) is 9.22. The van der Waals surface area contributed by atoms with Crippen molar-refractivity contribution in [1.29, 1.82) is 0 Å². The van der Waals surface area contributed by atoms with Crippen LogP contribution in [0.2, 0.25) is 0 Å². The first-order valence-electron chi connectivity index (χ1n) is 5.13. The molecule has 2 heterocycles. The van der Waals surface area contributed by atoms with Gasteiger partial charge < -0.3 is 9.84 Å². The number of ether oxygens (including phenoxy) is 1. The van der Waals surface area contributed by atoms with Gasteiger partial charge in [-0.1, -0.05) is 0 Å². The van der Waals surface area contributed by atoms with E-state index in [4.69, 9.17) is 4.74 Å². The second-order valence-electron chi connectivity index (χ2n) is 4.29. The molecule has 0 aliphatic carbocycles. The van der Waals surface area contributed by atoms with E-state index in [0.717, 1.165) is 13.0 Å². The number of rotatable bonds is 2. The van der Waals surface area contributed by atoms with Gasteiger partial charge >= 0.3 is 0 Å². The summed E-state index contributed by atoms with van der Waals surface area (Å²) in [6, 6.07) is 0. The highest BCUT2D eigenvalue weighted by Gasteiger charge is 2.44. The van der Waals surface area contributed by atoms with Gasteiger partial charge in [0.1, 0.15) is 0 Å². The number of aliphatic hydroxyl groups is 1. The van der Waals surface area contributed by atoms with Gasteiger partial charge in [-0.15, -0.1) is 0 Å². The number of thioether (sulfide) groups is 1. The third kappa shape index (κ3) is 1.74. The van der Waals surface area contributed by atoms with Crippen molar-refractivity contribution in [1.82, 2.24) is 0 Å². The number of aliphatic hydroxyl groups excluding tert-OH is 1. The van der Waals surface area contributed by atoms with Crippen molar-refractivity contribution in [2.45, 2.75) is 37.0 Å². The Bertz CT molecular complexity index is 178. The van der Waals surface area contributed by atoms with Crippen LogP contribution in [0.3, 0.4) is 0 Å². The van der Waals surface area contributed by atoms with Gasteiger partial charge in [0, 0.05) is 23.9 Å². The molecule has 3 atom stereocenters. The molecule has 0 saturated carbocycles. The van der Waals surface area contributed by atoms with E-state index in [1.807, 2.05) is 11.8 Å². The Morgan fingerprint density at radius 1 is 1.62 bits per heavy atom. The first-order valence-corrected chi connectivity index (χ1v) is 6.11.